The fourth-order valence-electron chi connectivity index (χ4n) is 1.93. The molecule has 0 unspecified atom stereocenters. The van der Waals surface area contributed by atoms with Crippen LogP contribution in [0.2, 0.25) is 0 Å². The summed E-state index contributed by atoms with van der Waals surface area (Å²) in [4.78, 5) is 0. The quantitative estimate of drug-likeness (QED) is 0.920. The molecular formula is C14H16BrN3O. The van der Waals surface area contributed by atoms with Crippen LogP contribution >= 0.6 is 15.9 Å². The normalized spacial score (nSPS) is 14.6. The van der Waals surface area contributed by atoms with Gasteiger partial charge in [0.05, 0.1) is 23.0 Å². The lowest BCUT2D eigenvalue weighted by atomic mass is 10.3. The second-order valence-electron chi connectivity index (χ2n) is 4.73. The number of nitrogens with zero attached hydrogens (tertiary/aromatic N) is 2. The molecule has 100 valence electrons. The first-order valence-corrected chi connectivity index (χ1v) is 7.17. The van der Waals surface area contributed by atoms with Crippen molar-refractivity contribution in [2.45, 2.75) is 25.4 Å². The Morgan fingerprint density at radius 2 is 2.26 bits per heavy atom. The van der Waals surface area contributed by atoms with Crippen molar-refractivity contribution >= 4 is 15.9 Å². The summed E-state index contributed by atoms with van der Waals surface area (Å²) in [5.74, 6) is 0.811. The summed E-state index contributed by atoms with van der Waals surface area (Å²) in [6.07, 6.45) is 4.57. The first-order chi connectivity index (χ1) is 9.26. The van der Waals surface area contributed by atoms with Crippen LogP contribution in [-0.4, -0.2) is 22.9 Å². The third-order valence-electron chi connectivity index (χ3n) is 3.19. The van der Waals surface area contributed by atoms with Crippen LogP contribution < -0.4 is 10.1 Å². The van der Waals surface area contributed by atoms with Crippen molar-refractivity contribution < 1.29 is 4.74 Å². The summed E-state index contributed by atoms with van der Waals surface area (Å²) >= 11 is 3.45. The summed E-state index contributed by atoms with van der Waals surface area (Å²) in [5, 5.41) is 8.03. The average molecular weight is 322 g/mol. The van der Waals surface area contributed by atoms with Crippen molar-refractivity contribution in [3.05, 3.63) is 40.6 Å². The molecule has 1 saturated carbocycles. The Hall–Kier alpha value is -1.33. The van der Waals surface area contributed by atoms with E-state index in [2.05, 4.69) is 26.3 Å². The maximum absolute atomic E-state index is 5.30. The molecule has 0 atom stereocenters. The van der Waals surface area contributed by atoms with E-state index in [9.17, 15) is 0 Å². The number of methoxy groups -OCH3 is 1. The van der Waals surface area contributed by atoms with Gasteiger partial charge in [-0.1, -0.05) is 0 Å². The zero-order chi connectivity index (χ0) is 13.2. The highest BCUT2D eigenvalue weighted by Crippen LogP contribution is 2.27. The molecule has 0 saturated heterocycles. The minimum atomic E-state index is 0.706. The Bertz CT molecular complexity index is 578. The van der Waals surface area contributed by atoms with Crippen LogP contribution in [0.4, 0.5) is 0 Å². The lowest BCUT2D eigenvalue weighted by molar-refractivity contribution is 0.412. The van der Waals surface area contributed by atoms with Gasteiger partial charge in [0.15, 0.2) is 0 Å². The van der Waals surface area contributed by atoms with Crippen molar-refractivity contribution in [1.29, 1.82) is 0 Å². The molecule has 1 aliphatic carbocycles. The standard InChI is InChI=1S/C14H16BrN3O/c1-19-14-8-12(4-5-13(14)15)18-7-6-11(17-18)9-16-10-2-3-10/h4-8,10,16H,2-3,9H2,1H3. The van der Waals surface area contributed by atoms with Crippen LogP contribution in [0, 0.1) is 0 Å². The van der Waals surface area contributed by atoms with E-state index < -0.39 is 0 Å². The molecular weight excluding hydrogens is 306 g/mol. The number of hydrogen-bond acceptors (Lipinski definition) is 3. The molecule has 0 spiro atoms. The molecule has 1 N–H and O–H groups in total. The van der Waals surface area contributed by atoms with Gasteiger partial charge in [-0.3, -0.25) is 0 Å². The number of halogens is 1. The van der Waals surface area contributed by atoms with Gasteiger partial charge in [0.25, 0.3) is 0 Å². The molecule has 4 nitrogen and oxygen atoms in total. The van der Waals surface area contributed by atoms with Gasteiger partial charge in [0, 0.05) is 24.8 Å². The molecule has 2 aromatic rings. The van der Waals surface area contributed by atoms with Gasteiger partial charge < -0.3 is 10.1 Å². The second-order valence-corrected chi connectivity index (χ2v) is 5.58. The monoisotopic (exact) mass is 321 g/mol. The predicted molar refractivity (Wildman–Crippen MR) is 77.7 cm³/mol. The van der Waals surface area contributed by atoms with Crippen molar-refractivity contribution in [3.63, 3.8) is 0 Å². The Labute approximate surface area is 120 Å². The van der Waals surface area contributed by atoms with E-state index in [0.29, 0.717) is 6.04 Å². The van der Waals surface area contributed by atoms with Gasteiger partial charge in [0.1, 0.15) is 5.75 Å². The Kier molecular flexibility index (Phi) is 3.57. The maximum Gasteiger partial charge on any atom is 0.135 e. The zero-order valence-electron chi connectivity index (χ0n) is 10.8. The molecule has 1 aromatic carbocycles. The largest absolute Gasteiger partial charge is 0.495 e. The fourth-order valence-corrected chi connectivity index (χ4v) is 2.34. The summed E-state index contributed by atoms with van der Waals surface area (Å²) < 4.78 is 8.12. The van der Waals surface area contributed by atoms with Crippen LogP contribution in [0.5, 0.6) is 5.75 Å². The highest BCUT2D eigenvalue weighted by atomic mass is 79.9. The van der Waals surface area contributed by atoms with Crippen LogP contribution in [0.15, 0.2) is 34.9 Å². The number of aromatic nitrogens is 2. The SMILES string of the molecule is COc1cc(-n2ccc(CNC3CC3)n2)ccc1Br. The van der Waals surface area contributed by atoms with Crippen molar-refractivity contribution in [3.8, 4) is 11.4 Å². The molecule has 3 rings (SSSR count). The van der Waals surface area contributed by atoms with Crippen molar-refractivity contribution in [2.24, 2.45) is 0 Å². The molecule has 0 aliphatic heterocycles. The van der Waals surface area contributed by atoms with Gasteiger partial charge in [-0.2, -0.15) is 5.10 Å². The van der Waals surface area contributed by atoms with Gasteiger partial charge >= 0.3 is 0 Å². The van der Waals surface area contributed by atoms with E-state index in [1.54, 1.807) is 7.11 Å². The summed E-state index contributed by atoms with van der Waals surface area (Å²) in [6, 6.07) is 8.70. The van der Waals surface area contributed by atoms with Gasteiger partial charge in [0.2, 0.25) is 0 Å². The van der Waals surface area contributed by atoms with E-state index >= 15 is 0 Å². The van der Waals surface area contributed by atoms with Crippen LogP contribution in [0.25, 0.3) is 5.69 Å². The Morgan fingerprint density at radius 3 is 3.00 bits per heavy atom. The number of ether oxygens (including phenoxy) is 1. The van der Waals surface area contributed by atoms with Gasteiger partial charge in [-0.05, 0) is 47.0 Å². The second kappa shape index (κ2) is 5.35. The number of benzene rings is 1. The number of rotatable bonds is 5. The van der Waals surface area contributed by atoms with Crippen LogP contribution in [0.3, 0.4) is 0 Å². The van der Waals surface area contributed by atoms with E-state index in [4.69, 9.17) is 4.74 Å². The van der Waals surface area contributed by atoms with Gasteiger partial charge in [-0.15, -0.1) is 0 Å². The van der Waals surface area contributed by atoms with E-state index in [1.165, 1.54) is 12.8 Å². The predicted octanol–water partition coefficient (Wildman–Crippen LogP) is 2.90. The number of nitrogens with one attached hydrogen (secondary N) is 1. The minimum Gasteiger partial charge on any atom is -0.495 e. The first-order valence-electron chi connectivity index (χ1n) is 6.38. The Balaban J connectivity index is 1.77. The third kappa shape index (κ3) is 2.98. The molecule has 1 aromatic heterocycles. The lowest BCUT2D eigenvalue weighted by Crippen LogP contribution is -2.15. The van der Waals surface area contributed by atoms with E-state index in [1.807, 2.05) is 35.1 Å². The molecule has 1 aliphatic rings. The van der Waals surface area contributed by atoms with Crippen LogP contribution in [-0.2, 0) is 6.54 Å². The third-order valence-corrected chi connectivity index (χ3v) is 3.85. The smallest absolute Gasteiger partial charge is 0.135 e. The Morgan fingerprint density at radius 1 is 1.42 bits per heavy atom. The molecule has 0 amide bonds. The summed E-state index contributed by atoms with van der Waals surface area (Å²) in [6.45, 7) is 0.839. The molecule has 5 heteroatoms. The summed E-state index contributed by atoms with van der Waals surface area (Å²) in [7, 11) is 1.66. The highest BCUT2D eigenvalue weighted by molar-refractivity contribution is 9.10. The van der Waals surface area contributed by atoms with E-state index in [-0.39, 0.29) is 0 Å². The van der Waals surface area contributed by atoms with Crippen LogP contribution in [0.1, 0.15) is 18.5 Å². The topological polar surface area (TPSA) is 39.1 Å². The minimum absolute atomic E-state index is 0.706. The average Bonchev–Trinajstić information content (AvgIpc) is 3.14. The zero-order valence-corrected chi connectivity index (χ0v) is 12.4. The van der Waals surface area contributed by atoms with E-state index in [0.717, 1.165) is 28.1 Å². The lowest BCUT2D eigenvalue weighted by Gasteiger charge is -2.06. The first kappa shape index (κ1) is 12.7. The van der Waals surface area contributed by atoms with Gasteiger partial charge in [-0.25, -0.2) is 4.68 Å². The molecule has 1 fully saturated rings. The van der Waals surface area contributed by atoms with Crippen molar-refractivity contribution in [1.82, 2.24) is 15.1 Å². The highest BCUT2D eigenvalue weighted by Gasteiger charge is 2.20. The molecule has 0 radical (unpaired) electrons. The number of hydrogen-bond donors (Lipinski definition) is 1. The van der Waals surface area contributed by atoms with Crippen molar-refractivity contribution in [2.75, 3.05) is 7.11 Å². The molecule has 1 heterocycles. The summed E-state index contributed by atoms with van der Waals surface area (Å²) in [5.41, 5.74) is 2.06. The molecule has 19 heavy (non-hydrogen) atoms. The maximum atomic E-state index is 5.30. The molecule has 0 bridgehead atoms. The fraction of sp³-hybridized carbons (Fsp3) is 0.357.